The molecule has 2 aromatic rings. The Morgan fingerprint density at radius 2 is 2.17 bits per heavy atom. The summed E-state index contributed by atoms with van der Waals surface area (Å²) in [6.45, 7) is 1.78. The summed E-state index contributed by atoms with van der Waals surface area (Å²) in [6.07, 6.45) is 1.17. The lowest BCUT2D eigenvalue weighted by molar-refractivity contribution is 0.151. The first-order valence-electron chi connectivity index (χ1n) is 7.08. The summed E-state index contributed by atoms with van der Waals surface area (Å²) < 4.78 is 43.3. The molecule has 0 bridgehead atoms. The fourth-order valence-corrected chi connectivity index (χ4v) is 3.32. The standard InChI is InChI=1S/C14H15FN4O4S/c1-9-6-19(17-16-9)13-4-3-10(5-12(13)15)18-7-11(23-14(18)20)8-24(2,21)22/h3-6,11H,7-8H2,1-2H3/t11-/m1/s1. The zero-order valence-corrected chi connectivity index (χ0v) is 13.8. The number of aryl methyl sites for hydroxylation is 1. The fourth-order valence-electron chi connectivity index (χ4n) is 2.47. The maximum Gasteiger partial charge on any atom is 0.414 e. The smallest absolute Gasteiger partial charge is 0.414 e. The quantitative estimate of drug-likeness (QED) is 0.816. The van der Waals surface area contributed by atoms with Crippen molar-refractivity contribution in [1.82, 2.24) is 15.0 Å². The molecule has 2 heterocycles. The van der Waals surface area contributed by atoms with Gasteiger partial charge in [0.25, 0.3) is 0 Å². The summed E-state index contributed by atoms with van der Waals surface area (Å²) in [5, 5.41) is 7.59. The largest absolute Gasteiger partial charge is 0.443 e. The predicted octanol–water partition coefficient (Wildman–Crippen LogP) is 1.08. The Bertz CT molecular complexity index is 896. The number of benzene rings is 1. The summed E-state index contributed by atoms with van der Waals surface area (Å²) >= 11 is 0. The molecule has 3 rings (SSSR count). The van der Waals surface area contributed by atoms with E-state index in [2.05, 4.69) is 10.3 Å². The van der Waals surface area contributed by atoms with Gasteiger partial charge >= 0.3 is 6.09 Å². The number of ether oxygens (including phenoxy) is 1. The second-order valence-electron chi connectivity index (χ2n) is 5.65. The number of hydrogen-bond donors (Lipinski definition) is 0. The Kier molecular flexibility index (Phi) is 3.99. The van der Waals surface area contributed by atoms with E-state index in [0.717, 1.165) is 6.26 Å². The monoisotopic (exact) mass is 354 g/mol. The van der Waals surface area contributed by atoms with E-state index in [9.17, 15) is 17.6 Å². The molecular formula is C14H15FN4O4S. The molecule has 0 spiro atoms. The minimum atomic E-state index is -3.28. The summed E-state index contributed by atoms with van der Waals surface area (Å²) in [5.41, 5.74) is 1.12. The SMILES string of the molecule is Cc1cn(-c2ccc(N3C[C@H](CS(C)(=O)=O)OC3=O)cc2F)nn1. The van der Waals surface area contributed by atoms with Gasteiger partial charge in [-0.05, 0) is 25.1 Å². The number of halogens is 1. The number of rotatable bonds is 4. The Morgan fingerprint density at radius 1 is 1.42 bits per heavy atom. The van der Waals surface area contributed by atoms with E-state index < -0.39 is 27.9 Å². The van der Waals surface area contributed by atoms with Crippen LogP contribution in [0.25, 0.3) is 5.69 Å². The fraction of sp³-hybridized carbons (Fsp3) is 0.357. The number of carbonyl (C=O) groups excluding carboxylic acids is 1. The highest BCUT2D eigenvalue weighted by Crippen LogP contribution is 2.25. The Balaban J connectivity index is 1.83. The van der Waals surface area contributed by atoms with Gasteiger partial charge in [0, 0.05) is 6.26 Å². The minimum absolute atomic E-state index is 0.0487. The van der Waals surface area contributed by atoms with Crippen LogP contribution in [0.15, 0.2) is 24.4 Å². The average Bonchev–Trinajstić information content (AvgIpc) is 3.03. The third-order valence-electron chi connectivity index (χ3n) is 3.46. The highest BCUT2D eigenvalue weighted by atomic mass is 32.2. The topological polar surface area (TPSA) is 94.4 Å². The van der Waals surface area contributed by atoms with E-state index in [1.807, 2.05) is 0 Å². The van der Waals surface area contributed by atoms with Crippen molar-refractivity contribution in [2.24, 2.45) is 0 Å². The number of anilines is 1. The van der Waals surface area contributed by atoms with Crippen LogP contribution in [0.5, 0.6) is 0 Å². The number of cyclic esters (lactones) is 1. The molecule has 1 atom stereocenters. The molecule has 1 aliphatic heterocycles. The third-order valence-corrected chi connectivity index (χ3v) is 4.44. The molecule has 0 aliphatic carbocycles. The van der Waals surface area contributed by atoms with Crippen LogP contribution in [-0.4, -0.2) is 54.2 Å². The second-order valence-corrected chi connectivity index (χ2v) is 7.83. The summed E-state index contributed by atoms with van der Waals surface area (Å²) in [6, 6.07) is 4.19. The summed E-state index contributed by atoms with van der Waals surface area (Å²) in [4.78, 5) is 13.1. The van der Waals surface area contributed by atoms with Crippen molar-refractivity contribution < 1.29 is 22.3 Å². The van der Waals surface area contributed by atoms with Crippen molar-refractivity contribution in [3.05, 3.63) is 35.9 Å². The lowest BCUT2D eigenvalue weighted by Crippen LogP contribution is -2.27. The molecule has 10 heteroatoms. The first kappa shape index (κ1) is 16.4. The average molecular weight is 354 g/mol. The molecule has 1 aromatic carbocycles. The highest BCUT2D eigenvalue weighted by molar-refractivity contribution is 7.90. The van der Waals surface area contributed by atoms with Crippen LogP contribution >= 0.6 is 0 Å². The zero-order chi connectivity index (χ0) is 17.5. The Morgan fingerprint density at radius 3 is 2.75 bits per heavy atom. The van der Waals surface area contributed by atoms with Gasteiger partial charge in [0.15, 0.2) is 15.7 Å². The zero-order valence-electron chi connectivity index (χ0n) is 13.0. The van der Waals surface area contributed by atoms with Gasteiger partial charge < -0.3 is 4.74 Å². The van der Waals surface area contributed by atoms with Crippen LogP contribution in [0.2, 0.25) is 0 Å². The van der Waals surface area contributed by atoms with Crippen molar-refractivity contribution >= 4 is 21.6 Å². The second kappa shape index (κ2) is 5.86. The first-order valence-corrected chi connectivity index (χ1v) is 9.14. The van der Waals surface area contributed by atoms with Gasteiger partial charge in [0.1, 0.15) is 11.8 Å². The first-order chi connectivity index (χ1) is 11.2. The molecule has 0 N–H and O–H groups in total. The highest BCUT2D eigenvalue weighted by Gasteiger charge is 2.34. The van der Waals surface area contributed by atoms with Gasteiger partial charge in [-0.2, -0.15) is 0 Å². The van der Waals surface area contributed by atoms with Gasteiger partial charge in [-0.1, -0.05) is 5.21 Å². The molecule has 1 fully saturated rings. The van der Waals surface area contributed by atoms with Gasteiger partial charge in [0.2, 0.25) is 0 Å². The number of carbonyl (C=O) groups is 1. The van der Waals surface area contributed by atoms with Crippen molar-refractivity contribution in [2.75, 3.05) is 23.5 Å². The van der Waals surface area contributed by atoms with Crippen LogP contribution in [0.4, 0.5) is 14.9 Å². The third kappa shape index (κ3) is 3.37. The van der Waals surface area contributed by atoms with Crippen molar-refractivity contribution in [3.8, 4) is 5.69 Å². The molecule has 1 aliphatic rings. The summed E-state index contributed by atoms with van der Waals surface area (Å²) in [5.74, 6) is -0.856. The van der Waals surface area contributed by atoms with Crippen LogP contribution in [-0.2, 0) is 14.6 Å². The molecule has 1 saturated heterocycles. The van der Waals surface area contributed by atoms with Gasteiger partial charge in [0.05, 0.1) is 29.9 Å². The summed E-state index contributed by atoms with van der Waals surface area (Å²) in [7, 11) is -3.28. The molecule has 1 amide bonds. The van der Waals surface area contributed by atoms with E-state index in [1.54, 1.807) is 19.2 Å². The van der Waals surface area contributed by atoms with Gasteiger partial charge in [-0.25, -0.2) is 22.3 Å². The number of hydrogen-bond acceptors (Lipinski definition) is 6. The van der Waals surface area contributed by atoms with Gasteiger partial charge in [-0.3, -0.25) is 4.90 Å². The molecule has 1 aromatic heterocycles. The van der Waals surface area contributed by atoms with E-state index in [0.29, 0.717) is 5.69 Å². The Labute approximate surface area is 137 Å². The molecule has 0 saturated carbocycles. The van der Waals surface area contributed by atoms with Gasteiger partial charge in [-0.15, -0.1) is 5.10 Å². The predicted molar refractivity (Wildman–Crippen MR) is 83.4 cm³/mol. The maximum absolute atomic E-state index is 14.3. The molecule has 0 unspecified atom stereocenters. The number of aromatic nitrogens is 3. The molecule has 8 nitrogen and oxygen atoms in total. The minimum Gasteiger partial charge on any atom is -0.443 e. The molecular weight excluding hydrogens is 339 g/mol. The van der Waals surface area contributed by atoms with E-state index >= 15 is 0 Å². The van der Waals surface area contributed by atoms with Crippen molar-refractivity contribution in [2.45, 2.75) is 13.0 Å². The number of sulfone groups is 1. The molecule has 0 radical (unpaired) electrons. The molecule has 128 valence electrons. The number of amides is 1. The van der Waals surface area contributed by atoms with Crippen LogP contribution in [0, 0.1) is 12.7 Å². The maximum atomic E-state index is 14.3. The van der Waals surface area contributed by atoms with Crippen LogP contribution < -0.4 is 4.90 Å². The van der Waals surface area contributed by atoms with Crippen LogP contribution in [0.3, 0.4) is 0 Å². The van der Waals surface area contributed by atoms with E-state index in [-0.39, 0.29) is 23.7 Å². The van der Waals surface area contributed by atoms with Crippen molar-refractivity contribution in [3.63, 3.8) is 0 Å². The van der Waals surface area contributed by atoms with E-state index in [1.165, 1.54) is 21.7 Å². The van der Waals surface area contributed by atoms with Crippen molar-refractivity contribution in [1.29, 1.82) is 0 Å². The Hall–Kier alpha value is -2.49. The number of nitrogens with zero attached hydrogens (tertiary/aromatic N) is 4. The van der Waals surface area contributed by atoms with E-state index in [4.69, 9.17) is 4.74 Å². The van der Waals surface area contributed by atoms with Crippen LogP contribution in [0.1, 0.15) is 5.69 Å². The normalized spacial score (nSPS) is 18.0. The lowest BCUT2D eigenvalue weighted by Gasteiger charge is -2.14. The molecule has 24 heavy (non-hydrogen) atoms. The lowest BCUT2D eigenvalue weighted by atomic mass is 10.2.